The predicted octanol–water partition coefficient (Wildman–Crippen LogP) is 5.62. The first-order valence-corrected chi connectivity index (χ1v) is 14.7. The molecule has 0 radical (unpaired) electrons. The van der Waals surface area contributed by atoms with Crippen LogP contribution in [0.15, 0.2) is 30.3 Å². The molecule has 5 rings (SSSR count). The minimum Gasteiger partial charge on any atom is -0.353 e. The average molecular weight is 594 g/mol. The van der Waals surface area contributed by atoms with Crippen LogP contribution in [0, 0.1) is 17.0 Å². The number of benzene rings is 2. The van der Waals surface area contributed by atoms with Gasteiger partial charge in [-0.3, -0.25) is 9.59 Å². The molecule has 0 bridgehead atoms. The van der Waals surface area contributed by atoms with E-state index in [2.05, 4.69) is 20.9 Å². The maximum atomic E-state index is 15.8. The summed E-state index contributed by atoms with van der Waals surface area (Å²) in [5.41, 5.74) is -1.32. The predicted molar refractivity (Wildman–Crippen MR) is 154 cm³/mol. The zero-order valence-corrected chi connectivity index (χ0v) is 24.6. The Balaban J connectivity index is 1.61. The average Bonchev–Trinajstić information content (AvgIpc) is 3.38. The lowest BCUT2D eigenvalue weighted by Crippen LogP contribution is -2.49. The van der Waals surface area contributed by atoms with Gasteiger partial charge in [-0.1, -0.05) is 68.6 Å². The summed E-state index contributed by atoms with van der Waals surface area (Å²) < 4.78 is 31.1. The molecule has 2 amide bonds. The molecule has 0 saturated carbocycles. The Bertz CT molecular complexity index is 1310. The Hall–Kier alpha value is -2.26. The van der Waals surface area contributed by atoms with Crippen molar-refractivity contribution in [1.82, 2.24) is 15.5 Å². The molecule has 10 heteroatoms. The number of rotatable bonds is 6. The Morgan fingerprint density at radius 1 is 1.07 bits per heavy atom. The molecule has 2 aromatic rings. The topological polar surface area (TPSA) is 73.5 Å². The van der Waals surface area contributed by atoms with E-state index in [0.717, 1.165) is 25.9 Å². The number of nitrogens with zero attached hydrogens (tertiary/aromatic N) is 1. The highest BCUT2D eigenvalue weighted by atomic mass is 35.5. The SMILES string of the molecule is CC(C)(C)C[C@H]1N[C@@H](C(=O)NCCN2CCCCC2)[C@H](c2cccc(Cl)c2F)[C@@]12C(=O)Nc1c2ccc(Cl)c1F. The van der Waals surface area contributed by atoms with Gasteiger partial charge in [-0.2, -0.15) is 0 Å². The van der Waals surface area contributed by atoms with Crippen molar-refractivity contribution in [3.05, 3.63) is 63.1 Å². The number of halogens is 4. The van der Waals surface area contributed by atoms with Crippen molar-refractivity contribution in [2.45, 2.75) is 69.9 Å². The number of likely N-dealkylation sites (tertiary alicyclic amines) is 1. The molecule has 2 aromatic carbocycles. The van der Waals surface area contributed by atoms with Crippen molar-refractivity contribution in [2.24, 2.45) is 5.41 Å². The highest BCUT2D eigenvalue weighted by Crippen LogP contribution is 2.57. The lowest BCUT2D eigenvalue weighted by Gasteiger charge is -2.37. The lowest BCUT2D eigenvalue weighted by molar-refractivity contribution is -0.124. The molecule has 0 unspecified atom stereocenters. The van der Waals surface area contributed by atoms with Gasteiger partial charge in [0.15, 0.2) is 5.82 Å². The fraction of sp³-hybridized carbons (Fsp3) is 0.533. The maximum Gasteiger partial charge on any atom is 0.237 e. The van der Waals surface area contributed by atoms with Gasteiger partial charge in [-0.25, -0.2) is 8.78 Å². The summed E-state index contributed by atoms with van der Waals surface area (Å²) in [5.74, 6) is -3.30. The van der Waals surface area contributed by atoms with Crippen molar-refractivity contribution >= 4 is 40.7 Å². The van der Waals surface area contributed by atoms with E-state index in [1.807, 2.05) is 20.8 Å². The van der Waals surface area contributed by atoms with E-state index < -0.39 is 41.0 Å². The van der Waals surface area contributed by atoms with Crippen LogP contribution in [0.1, 0.15) is 63.5 Å². The van der Waals surface area contributed by atoms with E-state index in [0.29, 0.717) is 25.1 Å². The normalized spacial score (nSPS) is 26.7. The monoisotopic (exact) mass is 592 g/mol. The molecule has 3 aliphatic rings. The highest BCUT2D eigenvalue weighted by Gasteiger charge is 2.66. The van der Waals surface area contributed by atoms with Gasteiger partial charge < -0.3 is 20.9 Å². The van der Waals surface area contributed by atoms with Gasteiger partial charge in [0.25, 0.3) is 0 Å². The number of hydrogen-bond donors (Lipinski definition) is 3. The van der Waals surface area contributed by atoms with Gasteiger partial charge in [0.2, 0.25) is 11.8 Å². The molecule has 2 saturated heterocycles. The smallest absolute Gasteiger partial charge is 0.237 e. The fourth-order valence-electron chi connectivity index (χ4n) is 6.81. The third-order valence-electron chi connectivity index (χ3n) is 8.50. The zero-order chi connectivity index (χ0) is 28.8. The van der Waals surface area contributed by atoms with Crippen LogP contribution in [0.2, 0.25) is 10.0 Å². The Kier molecular flexibility index (Phi) is 8.18. The molecule has 3 heterocycles. The minimum atomic E-state index is -1.49. The number of amides is 2. The molecule has 6 nitrogen and oxygen atoms in total. The maximum absolute atomic E-state index is 15.8. The summed E-state index contributed by atoms with van der Waals surface area (Å²) in [6, 6.07) is 6.02. The number of fused-ring (bicyclic) bond motifs is 2. The van der Waals surface area contributed by atoms with Gasteiger partial charge in [0.05, 0.1) is 21.8 Å². The van der Waals surface area contributed by atoms with Crippen molar-refractivity contribution in [2.75, 3.05) is 31.5 Å². The molecule has 40 heavy (non-hydrogen) atoms. The van der Waals surface area contributed by atoms with Crippen LogP contribution in [-0.2, 0) is 15.0 Å². The van der Waals surface area contributed by atoms with Crippen LogP contribution in [0.3, 0.4) is 0 Å². The molecule has 0 aliphatic carbocycles. The summed E-state index contributed by atoms with van der Waals surface area (Å²) in [7, 11) is 0. The molecule has 0 aromatic heterocycles. The first-order chi connectivity index (χ1) is 18.9. The van der Waals surface area contributed by atoms with Crippen molar-refractivity contribution in [1.29, 1.82) is 0 Å². The van der Waals surface area contributed by atoms with Crippen molar-refractivity contribution in [3.63, 3.8) is 0 Å². The highest BCUT2D eigenvalue weighted by molar-refractivity contribution is 6.31. The molecule has 4 atom stereocenters. The van der Waals surface area contributed by atoms with E-state index in [-0.39, 0.29) is 32.6 Å². The van der Waals surface area contributed by atoms with Gasteiger partial charge in [0, 0.05) is 25.0 Å². The van der Waals surface area contributed by atoms with Crippen LogP contribution in [-0.4, -0.2) is 55.0 Å². The number of piperidine rings is 1. The van der Waals surface area contributed by atoms with Gasteiger partial charge in [-0.15, -0.1) is 0 Å². The van der Waals surface area contributed by atoms with E-state index in [1.54, 1.807) is 18.2 Å². The quantitative estimate of drug-likeness (QED) is 0.407. The number of anilines is 1. The minimum absolute atomic E-state index is 0.0307. The third kappa shape index (κ3) is 5.13. The molecular weight excluding hydrogens is 557 g/mol. The summed E-state index contributed by atoms with van der Waals surface area (Å²) >= 11 is 12.3. The summed E-state index contributed by atoms with van der Waals surface area (Å²) in [5, 5.41) is 8.90. The van der Waals surface area contributed by atoms with E-state index >= 15 is 8.78 Å². The zero-order valence-electron chi connectivity index (χ0n) is 23.1. The number of carbonyl (C=O) groups is 2. The lowest BCUT2D eigenvalue weighted by atomic mass is 9.62. The second kappa shape index (κ2) is 11.2. The van der Waals surface area contributed by atoms with Gasteiger partial charge >= 0.3 is 0 Å². The summed E-state index contributed by atoms with van der Waals surface area (Å²) in [6.07, 6.45) is 3.95. The molecule has 1 spiro atoms. The van der Waals surface area contributed by atoms with Crippen LogP contribution in [0.5, 0.6) is 0 Å². The Morgan fingerprint density at radius 3 is 2.48 bits per heavy atom. The van der Waals surface area contributed by atoms with E-state index in [4.69, 9.17) is 23.2 Å². The van der Waals surface area contributed by atoms with Gasteiger partial charge in [0.1, 0.15) is 11.2 Å². The van der Waals surface area contributed by atoms with Gasteiger partial charge in [-0.05, 0) is 61.0 Å². The molecular formula is C30H36Cl2F2N4O2. The first kappa shape index (κ1) is 29.2. The first-order valence-electron chi connectivity index (χ1n) is 13.9. The molecule has 2 fully saturated rings. The molecule has 3 aliphatic heterocycles. The standard InChI is InChI=1S/C30H36Cl2F2N4O2/c1-29(2,3)16-21-30(18-10-11-20(32)24(34)25(18)37-28(30)40)22(17-8-7-9-19(31)23(17)33)26(36-21)27(39)35-12-15-38-13-5-4-6-14-38/h7-11,21-22,26,36H,4-6,12-16H2,1-3H3,(H,35,39)(H,37,40)/t21-,22+,26-,30+/m1/s1. The van der Waals surface area contributed by atoms with Crippen LogP contribution in [0.25, 0.3) is 0 Å². The van der Waals surface area contributed by atoms with Crippen molar-refractivity contribution < 1.29 is 18.4 Å². The van der Waals surface area contributed by atoms with E-state index in [9.17, 15) is 9.59 Å². The van der Waals surface area contributed by atoms with Crippen LogP contribution < -0.4 is 16.0 Å². The fourth-order valence-corrected chi connectivity index (χ4v) is 7.15. The number of carbonyl (C=O) groups excluding carboxylic acids is 2. The molecule has 216 valence electrons. The molecule has 3 N–H and O–H groups in total. The largest absolute Gasteiger partial charge is 0.353 e. The van der Waals surface area contributed by atoms with Crippen LogP contribution >= 0.6 is 23.2 Å². The van der Waals surface area contributed by atoms with Crippen LogP contribution in [0.4, 0.5) is 14.5 Å². The summed E-state index contributed by atoms with van der Waals surface area (Å²) in [6.45, 7) is 9.20. The number of nitrogens with one attached hydrogen (secondary N) is 3. The Labute approximate surface area is 244 Å². The van der Waals surface area contributed by atoms with Crippen molar-refractivity contribution in [3.8, 4) is 0 Å². The second-order valence-corrected chi connectivity index (χ2v) is 13.2. The summed E-state index contributed by atoms with van der Waals surface area (Å²) in [4.78, 5) is 30.3. The number of hydrogen-bond acceptors (Lipinski definition) is 4. The van der Waals surface area contributed by atoms with E-state index in [1.165, 1.54) is 18.6 Å². The third-order valence-corrected chi connectivity index (χ3v) is 9.08. The second-order valence-electron chi connectivity index (χ2n) is 12.4. The Morgan fingerprint density at radius 2 is 1.77 bits per heavy atom.